The number of nitrogens with zero attached hydrogens (tertiary/aromatic N) is 3. The highest BCUT2D eigenvalue weighted by Gasteiger charge is 2.32. The van der Waals surface area contributed by atoms with E-state index in [1.165, 1.54) is 12.8 Å². The smallest absolute Gasteiger partial charge is 0.151 e. The Labute approximate surface area is 89.7 Å². The monoisotopic (exact) mass is 204 g/mol. The summed E-state index contributed by atoms with van der Waals surface area (Å²) in [4.78, 5) is 2.35. The van der Waals surface area contributed by atoms with Crippen molar-refractivity contribution in [3.05, 3.63) is 17.8 Å². The van der Waals surface area contributed by atoms with Gasteiger partial charge in [-0.25, -0.2) is 0 Å². The summed E-state index contributed by atoms with van der Waals surface area (Å²) in [6.07, 6.45) is 2.61. The first-order valence-corrected chi connectivity index (χ1v) is 5.62. The topological polar surface area (TPSA) is 41.0 Å². The van der Waals surface area contributed by atoms with Crippen LogP contribution in [0.3, 0.4) is 0 Å². The zero-order chi connectivity index (χ0) is 10.3. The first kappa shape index (κ1) is 9.09. The molecule has 15 heavy (non-hydrogen) atoms. The third kappa shape index (κ3) is 1.69. The largest absolute Gasteiger partial charge is 0.352 e. The number of nitrogens with one attached hydrogen (secondary N) is 1. The number of fused-ring (bicyclic) bond motifs is 2. The number of piperazine rings is 1. The van der Waals surface area contributed by atoms with Gasteiger partial charge in [0.25, 0.3) is 0 Å². The van der Waals surface area contributed by atoms with Crippen molar-refractivity contribution in [2.24, 2.45) is 0 Å². The van der Waals surface area contributed by atoms with E-state index >= 15 is 0 Å². The molecule has 4 heteroatoms. The van der Waals surface area contributed by atoms with E-state index in [2.05, 4.69) is 26.5 Å². The number of hydrogen-bond donors (Lipinski definition) is 1. The second-order valence-corrected chi connectivity index (χ2v) is 4.58. The Morgan fingerprint density at radius 2 is 1.93 bits per heavy atom. The molecule has 1 aromatic heterocycles. The number of aromatic nitrogens is 2. The van der Waals surface area contributed by atoms with E-state index in [0.717, 1.165) is 24.6 Å². The second-order valence-electron chi connectivity index (χ2n) is 4.58. The highest BCUT2D eigenvalue weighted by molar-refractivity contribution is 5.39. The Morgan fingerprint density at radius 1 is 1.20 bits per heavy atom. The summed E-state index contributed by atoms with van der Waals surface area (Å²) in [5, 5.41) is 12.0. The lowest BCUT2D eigenvalue weighted by atomic mass is 10.2. The van der Waals surface area contributed by atoms with Gasteiger partial charge < -0.3 is 10.2 Å². The molecule has 3 heterocycles. The lowest BCUT2D eigenvalue weighted by molar-refractivity contribution is 0.462. The van der Waals surface area contributed by atoms with Crippen LogP contribution in [-0.4, -0.2) is 35.4 Å². The van der Waals surface area contributed by atoms with Gasteiger partial charge in [0, 0.05) is 25.2 Å². The van der Waals surface area contributed by atoms with Gasteiger partial charge in [0.15, 0.2) is 5.82 Å². The molecule has 0 radical (unpaired) electrons. The fourth-order valence-electron chi connectivity index (χ4n) is 2.54. The van der Waals surface area contributed by atoms with Crippen LogP contribution in [0.1, 0.15) is 18.5 Å². The molecule has 2 aliphatic rings. The van der Waals surface area contributed by atoms with Crippen molar-refractivity contribution in [1.82, 2.24) is 15.5 Å². The zero-order valence-electron chi connectivity index (χ0n) is 8.98. The van der Waals surface area contributed by atoms with Gasteiger partial charge in [0.05, 0.1) is 5.69 Å². The van der Waals surface area contributed by atoms with E-state index in [4.69, 9.17) is 0 Å². The zero-order valence-corrected chi connectivity index (χ0v) is 8.98. The molecule has 0 amide bonds. The minimum atomic E-state index is 0.659. The Balaban J connectivity index is 1.80. The van der Waals surface area contributed by atoms with Gasteiger partial charge in [0.1, 0.15) is 0 Å². The van der Waals surface area contributed by atoms with Crippen LogP contribution in [-0.2, 0) is 0 Å². The Kier molecular flexibility index (Phi) is 2.09. The van der Waals surface area contributed by atoms with Gasteiger partial charge in [0.2, 0.25) is 0 Å². The van der Waals surface area contributed by atoms with Gasteiger partial charge in [-0.05, 0) is 31.9 Å². The van der Waals surface area contributed by atoms with Crippen molar-refractivity contribution < 1.29 is 0 Å². The van der Waals surface area contributed by atoms with E-state index in [9.17, 15) is 0 Å². The standard InChI is InChI=1S/C11H16N4/c1-8-2-5-11(14-13-8)15-6-9-3-4-10(7-15)12-9/h2,5,9-10,12H,3-4,6-7H2,1H3. The molecule has 2 unspecified atom stereocenters. The number of anilines is 1. The lowest BCUT2D eigenvalue weighted by Gasteiger charge is -2.33. The van der Waals surface area contributed by atoms with Crippen LogP contribution in [0.15, 0.2) is 12.1 Å². The maximum absolute atomic E-state index is 4.25. The van der Waals surface area contributed by atoms with Crippen molar-refractivity contribution in [3.63, 3.8) is 0 Å². The third-order valence-corrected chi connectivity index (χ3v) is 3.32. The van der Waals surface area contributed by atoms with Crippen molar-refractivity contribution in [1.29, 1.82) is 0 Å². The quantitative estimate of drug-likeness (QED) is 0.732. The predicted octanol–water partition coefficient (Wildman–Crippen LogP) is 0.726. The Morgan fingerprint density at radius 3 is 2.53 bits per heavy atom. The molecule has 0 saturated carbocycles. The van der Waals surface area contributed by atoms with E-state index in [1.54, 1.807) is 0 Å². The molecule has 4 nitrogen and oxygen atoms in total. The van der Waals surface area contributed by atoms with Gasteiger partial charge >= 0.3 is 0 Å². The molecule has 3 rings (SSSR count). The molecule has 2 saturated heterocycles. The van der Waals surface area contributed by atoms with Gasteiger partial charge in [-0.15, -0.1) is 5.10 Å². The van der Waals surface area contributed by atoms with Crippen LogP contribution in [0.4, 0.5) is 5.82 Å². The molecule has 2 fully saturated rings. The summed E-state index contributed by atoms with van der Waals surface area (Å²) >= 11 is 0. The highest BCUT2D eigenvalue weighted by Crippen LogP contribution is 2.23. The molecule has 2 bridgehead atoms. The maximum atomic E-state index is 4.25. The Bertz CT molecular complexity index is 336. The lowest BCUT2D eigenvalue weighted by Crippen LogP contribution is -2.51. The van der Waals surface area contributed by atoms with Crippen LogP contribution in [0.2, 0.25) is 0 Å². The van der Waals surface area contributed by atoms with Crippen molar-refractivity contribution >= 4 is 5.82 Å². The molecule has 1 N–H and O–H groups in total. The Hall–Kier alpha value is -1.16. The fourth-order valence-corrected chi connectivity index (χ4v) is 2.54. The van der Waals surface area contributed by atoms with Crippen LogP contribution < -0.4 is 10.2 Å². The number of hydrogen-bond acceptors (Lipinski definition) is 4. The van der Waals surface area contributed by atoms with E-state index in [0.29, 0.717) is 12.1 Å². The van der Waals surface area contributed by atoms with Crippen LogP contribution >= 0.6 is 0 Å². The maximum Gasteiger partial charge on any atom is 0.151 e. The van der Waals surface area contributed by atoms with Crippen molar-refractivity contribution in [3.8, 4) is 0 Å². The molecule has 0 spiro atoms. The third-order valence-electron chi connectivity index (χ3n) is 3.32. The fraction of sp³-hybridized carbons (Fsp3) is 0.636. The summed E-state index contributed by atoms with van der Waals surface area (Å²) in [6.45, 7) is 4.13. The molecule has 2 aliphatic heterocycles. The number of aryl methyl sites for hydroxylation is 1. The van der Waals surface area contributed by atoms with Crippen molar-refractivity contribution in [2.75, 3.05) is 18.0 Å². The molecular weight excluding hydrogens is 188 g/mol. The van der Waals surface area contributed by atoms with Crippen LogP contribution in [0.5, 0.6) is 0 Å². The van der Waals surface area contributed by atoms with Crippen LogP contribution in [0, 0.1) is 6.92 Å². The first-order valence-electron chi connectivity index (χ1n) is 5.62. The van der Waals surface area contributed by atoms with Gasteiger partial charge in [-0.2, -0.15) is 5.10 Å². The molecule has 2 atom stereocenters. The highest BCUT2D eigenvalue weighted by atomic mass is 15.3. The summed E-state index contributed by atoms with van der Waals surface area (Å²) in [6, 6.07) is 5.43. The normalized spacial score (nSPS) is 29.5. The molecule has 0 aromatic carbocycles. The average molecular weight is 204 g/mol. The predicted molar refractivity (Wildman–Crippen MR) is 58.9 cm³/mol. The minimum absolute atomic E-state index is 0.659. The van der Waals surface area contributed by atoms with Gasteiger partial charge in [-0.1, -0.05) is 0 Å². The van der Waals surface area contributed by atoms with E-state index in [-0.39, 0.29) is 0 Å². The van der Waals surface area contributed by atoms with Gasteiger partial charge in [-0.3, -0.25) is 0 Å². The molecule has 1 aromatic rings. The SMILES string of the molecule is Cc1ccc(N2CC3CCC(C2)N3)nn1. The molecule has 0 aliphatic carbocycles. The molecular formula is C11H16N4. The summed E-state index contributed by atoms with van der Waals surface area (Å²) in [7, 11) is 0. The molecule has 80 valence electrons. The first-order chi connectivity index (χ1) is 7.31. The average Bonchev–Trinajstić information content (AvgIpc) is 2.59. The van der Waals surface area contributed by atoms with Crippen LogP contribution in [0.25, 0.3) is 0 Å². The van der Waals surface area contributed by atoms with Crippen molar-refractivity contribution in [2.45, 2.75) is 31.8 Å². The summed E-state index contributed by atoms with van der Waals surface area (Å²) in [5.74, 6) is 1.03. The second kappa shape index (κ2) is 3.45. The summed E-state index contributed by atoms with van der Waals surface area (Å²) in [5.41, 5.74) is 0.983. The minimum Gasteiger partial charge on any atom is -0.352 e. The van der Waals surface area contributed by atoms with E-state index in [1.807, 2.05) is 13.0 Å². The number of rotatable bonds is 1. The van der Waals surface area contributed by atoms with E-state index < -0.39 is 0 Å². The summed E-state index contributed by atoms with van der Waals surface area (Å²) < 4.78 is 0.